The molecular formula is C27H31N3O3S. The van der Waals surface area contributed by atoms with Gasteiger partial charge >= 0.3 is 0 Å². The maximum absolute atomic E-state index is 12.7. The number of sulfonamides is 1. The van der Waals surface area contributed by atoms with Crippen LogP contribution in [0.5, 0.6) is 0 Å². The van der Waals surface area contributed by atoms with Gasteiger partial charge in [0.2, 0.25) is 10.0 Å². The van der Waals surface area contributed by atoms with Gasteiger partial charge in [0.1, 0.15) is 0 Å². The molecule has 0 aliphatic carbocycles. The van der Waals surface area contributed by atoms with Crippen molar-refractivity contribution in [2.75, 3.05) is 33.9 Å². The van der Waals surface area contributed by atoms with E-state index in [0.29, 0.717) is 11.3 Å². The number of hydrogen-bond acceptors (Lipinski definition) is 4. The molecule has 1 saturated heterocycles. The van der Waals surface area contributed by atoms with E-state index in [1.165, 1.54) is 29.1 Å². The molecule has 0 unspecified atom stereocenters. The van der Waals surface area contributed by atoms with Gasteiger partial charge in [-0.15, -0.1) is 0 Å². The van der Waals surface area contributed by atoms with Gasteiger partial charge in [-0.1, -0.05) is 30.3 Å². The van der Waals surface area contributed by atoms with Gasteiger partial charge in [0.25, 0.3) is 5.91 Å². The Bertz CT molecular complexity index is 1240. The highest BCUT2D eigenvalue weighted by Crippen LogP contribution is 2.28. The van der Waals surface area contributed by atoms with Crippen LogP contribution in [0.2, 0.25) is 0 Å². The lowest BCUT2D eigenvalue weighted by Gasteiger charge is -2.26. The molecule has 6 nitrogen and oxygen atoms in total. The van der Waals surface area contributed by atoms with Gasteiger partial charge in [-0.05, 0) is 79.8 Å². The summed E-state index contributed by atoms with van der Waals surface area (Å²) < 4.78 is 26.6. The lowest BCUT2D eigenvalue weighted by atomic mass is 10.1. The lowest BCUT2D eigenvalue weighted by molar-refractivity contribution is 0.102. The van der Waals surface area contributed by atoms with Gasteiger partial charge < -0.3 is 10.2 Å². The van der Waals surface area contributed by atoms with E-state index in [9.17, 15) is 13.2 Å². The standard InChI is InChI=1S/C27H31N3O3S/c1-20-7-6-8-21(2)26(20)30(34(3,32)33)19-22-9-11-23(12-10-22)27(31)28-24-13-15-25(16-14-24)29-17-4-5-18-29/h6-16H,4-5,17-19H2,1-3H3,(H,28,31). The first-order chi connectivity index (χ1) is 16.2. The molecule has 4 rings (SSSR count). The van der Waals surface area contributed by atoms with Crippen molar-refractivity contribution >= 4 is 33.0 Å². The highest BCUT2D eigenvalue weighted by atomic mass is 32.2. The Labute approximate surface area is 202 Å². The van der Waals surface area contributed by atoms with Crippen molar-refractivity contribution in [1.29, 1.82) is 0 Å². The van der Waals surface area contributed by atoms with Crippen LogP contribution in [0.25, 0.3) is 0 Å². The summed E-state index contributed by atoms with van der Waals surface area (Å²) in [6.07, 6.45) is 3.66. The first kappa shape index (κ1) is 23.8. The van der Waals surface area contributed by atoms with Crippen LogP contribution < -0.4 is 14.5 Å². The summed E-state index contributed by atoms with van der Waals surface area (Å²) in [5.74, 6) is -0.199. The second-order valence-corrected chi connectivity index (χ2v) is 10.8. The fraction of sp³-hybridized carbons (Fsp3) is 0.296. The van der Waals surface area contributed by atoms with E-state index in [1.807, 2.05) is 56.3 Å². The van der Waals surface area contributed by atoms with Crippen LogP contribution in [-0.2, 0) is 16.6 Å². The molecule has 1 N–H and O–H groups in total. The van der Waals surface area contributed by atoms with E-state index < -0.39 is 10.0 Å². The fourth-order valence-electron chi connectivity index (χ4n) is 4.42. The van der Waals surface area contributed by atoms with Gasteiger partial charge in [0.15, 0.2) is 0 Å². The molecule has 3 aromatic carbocycles. The maximum atomic E-state index is 12.7. The third-order valence-corrected chi connectivity index (χ3v) is 7.34. The highest BCUT2D eigenvalue weighted by Gasteiger charge is 2.21. The summed E-state index contributed by atoms with van der Waals surface area (Å²) in [5.41, 5.74) is 5.75. The van der Waals surface area contributed by atoms with E-state index in [-0.39, 0.29) is 12.5 Å². The number of amides is 1. The van der Waals surface area contributed by atoms with Crippen LogP contribution in [0, 0.1) is 13.8 Å². The Morgan fingerprint density at radius 2 is 1.50 bits per heavy atom. The number of nitrogens with zero attached hydrogens (tertiary/aromatic N) is 2. The van der Waals surface area contributed by atoms with Crippen molar-refractivity contribution < 1.29 is 13.2 Å². The van der Waals surface area contributed by atoms with Gasteiger partial charge in [-0.2, -0.15) is 0 Å². The number of aryl methyl sites for hydroxylation is 2. The Morgan fingerprint density at radius 1 is 0.912 bits per heavy atom. The first-order valence-electron chi connectivity index (χ1n) is 11.5. The number of anilines is 3. The normalized spacial score (nSPS) is 13.7. The van der Waals surface area contributed by atoms with Crippen LogP contribution in [0.1, 0.15) is 39.9 Å². The number of para-hydroxylation sites is 1. The smallest absolute Gasteiger partial charge is 0.255 e. The number of hydrogen-bond donors (Lipinski definition) is 1. The second-order valence-electron chi connectivity index (χ2n) is 8.90. The van der Waals surface area contributed by atoms with Crippen LogP contribution in [0.15, 0.2) is 66.7 Å². The molecule has 1 aliphatic rings. The van der Waals surface area contributed by atoms with Crippen LogP contribution in [0.4, 0.5) is 17.1 Å². The van der Waals surface area contributed by atoms with E-state index in [0.717, 1.165) is 35.5 Å². The van der Waals surface area contributed by atoms with Gasteiger partial charge in [-0.25, -0.2) is 8.42 Å². The lowest BCUT2D eigenvalue weighted by Crippen LogP contribution is -2.30. The predicted octanol–water partition coefficient (Wildman–Crippen LogP) is 5.12. The number of rotatable bonds is 7. The molecule has 0 saturated carbocycles. The Kier molecular flexibility index (Phi) is 6.93. The molecule has 178 valence electrons. The Balaban J connectivity index is 1.46. The van der Waals surface area contributed by atoms with Crippen molar-refractivity contribution in [3.8, 4) is 0 Å². The molecule has 1 aliphatic heterocycles. The van der Waals surface area contributed by atoms with Crippen molar-refractivity contribution in [2.45, 2.75) is 33.2 Å². The minimum absolute atomic E-state index is 0.199. The average molecular weight is 478 g/mol. The molecule has 0 aromatic heterocycles. The molecule has 0 radical (unpaired) electrons. The number of carbonyl (C=O) groups excluding carboxylic acids is 1. The largest absolute Gasteiger partial charge is 0.372 e. The van der Waals surface area contributed by atoms with Crippen molar-refractivity contribution in [2.24, 2.45) is 0 Å². The fourth-order valence-corrected chi connectivity index (χ4v) is 5.43. The molecule has 1 amide bonds. The molecule has 0 spiro atoms. The third-order valence-electron chi connectivity index (χ3n) is 6.23. The molecular weight excluding hydrogens is 446 g/mol. The molecule has 1 heterocycles. The minimum Gasteiger partial charge on any atom is -0.372 e. The van der Waals surface area contributed by atoms with Gasteiger partial charge in [0.05, 0.1) is 18.5 Å². The zero-order valence-electron chi connectivity index (χ0n) is 19.9. The van der Waals surface area contributed by atoms with Crippen LogP contribution >= 0.6 is 0 Å². The third kappa shape index (κ3) is 5.42. The average Bonchev–Trinajstić information content (AvgIpc) is 3.33. The summed E-state index contributed by atoms with van der Waals surface area (Å²) in [4.78, 5) is 15.1. The van der Waals surface area contributed by atoms with Crippen molar-refractivity contribution in [3.63, 3.8) is 0 Å². The van der Waals surface area contributed by atoms with E-state index in [2.05, 4.69) is 10.2 Å². The van der Waals surface area contributed by atoms with Crippen LogP contribution in [0.3, 0.4) is 0 Å². The topological polar surface area (TPSA) is 69.7 Å². The number of benzene rings is 3. The van der Waals surface area contributed by atoms with Crippen molar-refractivity contribution in [1.82, 2.24) is 0 Å². The highest BCUT2D eigenvalue weighted by molar-refractivity contribution is 7.92. The maximum Gasteiger partial charge on any atom is 0.255 e. The number of carbonyl (C=O) groups is 1. The van der Waals surface area contributed by atoms with E-state index in [4.69, 9.17) is 0 Å². The summed E-state index contributed by atoms with van der Waals surface area (Å²) in [5, 5.41) is 2.94. The van der Waals surface area contributed by atoms with Crippen molar-refractivity contribution in [3.05, 3.63) is 89.0 Å². The number of nitrogens with one attached hydrogen (secondary N) is 1. The predicted molar refractivity (Wildman–Crippen MR) is 139 cm³/mol. The summed E-state index contributed by atoms with van der Waals surface area (Å²) in [6, 6.07) is 20.7. The Hall–Kier alpha value is -3.32. The molecule has 0 bridgehead atoms. The monoisotopic (exact) mass is 477 g/mol. The first-order valence-corrected chi connectivity index (χ1v) is 13.4. The summed E-state index contributed by atoms with van der Waals surface area (Å²) >= 11 is 0. The van der Waals surface area contributed by atoms with Gasteiger partial charge in [-0.3, -0.25) is 9.10 Å². The molecule has 7 heteroatoms. The second kappa shape index (κ2) is 9.89. The quantitative estimate of drug-likeness (QED) is 0.513. The minimum atomic E-state index is -3.49. The summed E-state index contributed by atoms with van der Waals surface area (Å²) in [7, 11) is -3.49. The molecule has 34 heavy (non-hydrogen) atoms. The van der Waals surface area contributed by atoms with Crippen LogP contribution in [-0.4, -0.2) is 33.7 Å². The Morgan fingerprint density at radius 3 is 2.06 bits per heavy atom. The van der Waals surface area contributed by atoms with E-state index >= 15 is 0 Å². The zero-order valence-corrected chi connectivity index (χ0v) is 20.7. The molecule has 3 aromatic rings. The SMILES string of the molecule is Cc1cccc(C)c1N(Cc1ccc(C(=O)Nc2ccc(N3CCCC3)cc2)cc1)S(C)(=O)=O. The molecule has 0 atom stereocenters. The van der Waals surface area contributed by atoms with E-state index in [1.54, 1.807) is 24.3 Å². The molecule has 1 fully saturated rings. The summed E-state index contributed by atoms with van der Waals surface area (Å²) in [6.45, 7) is 6.18. The zero-order chi connectivity index (χ0) is 24.3. The van der Waals surface area contributed by atoms with Gasteiger partial charge in [0, 0.05) is 30.0 Å².